The number of carbonyl (C=O) groups excluding carboxylic acids is 1. The molecule has 0 atom stereocenters. The highest BCUT2D eigenvalue weighted by molar-refractivity contribution is 8.00. The molecule has 110 valence electrons. The second-order valence-electron chi connectivity index (χ2n) is 4.57. The van der Waals surface area contributed by atoms with Crippen LogP contribution in [0.1, 0.15) is 0 Å². The largest absolute Gasteiger partial charge is 0.378 e. The Balaban J connectivity index is 1.88. The Bertz CT molecular complexity index is 617. The minimum Gasteiger partial charge on any atom is -0.378 e. The van der Waals surface area contributed by atoms with E-state index >= 15 is 0 Å². The lowest BCUT2D eigenvalue weighted by Gasteiger charge is -2.13. The molecule has 0 aliphatic carbocycles. The van der Waals surface area contributed by atoms with Gasteiger partial charge in [0, 0.05) is 31.7 Å². The molecule has 1 aromatic heterocycles. The summed E-state index contributed by atoms with van der Waals surface area (Å²) in [6, 6.07) is 11.2. The predicted octanol–water partition coefficient (Wildman–Crippen LogP) is 3.53. The smallest absolute Gasteiger partial charge is 0.234 e. The van der Waals surface area contributed by atoms with Crippen LogP contribution >= 0.6 is 23.4 Å². The number of anilines is 2. The summed E-state index contributed by atoms with van der Waals surface area (Å²) >= 11 is 7.31. The van der Waals surface area contributed by atoms with Crippen molar-refractivity contribution in [3.05, 3.63) is 47.6 Å². The first-order valence-electron chi connectivity index (χ1n) is 6.37. The molecule has 4 nitrogen and oxygen atoms in total. The summed E-state index contributed by atoms with van der Waals surface area (Å²) in [6.45, 7) is 0. The van der Waals surface area contributed by atoms with E-state index in [1.807, 2.05) is 43.3 Å². The van der Waals surface area contributed by atoms with Gasteiger partial charge in [0.2, 0.25) is 5.91 Å². The Morgan fingerprint density at radius 1 is 1.29 bits per heavy atom. The highest BCUT2D eigenvalue weighted by Gasteiger charge is 2.07. The lowest BCUT2D eigenvalue weighted by atomic mass is 10.2. The number of halogens is 1. The first-order chi connectivity index (χ1) is 10.1. The van der Waals surface area contributed by atoms with Crippen molar-refractivity contribution in [3.8, 4) is 0 Å². The number of nitrogens with one attached hydrogen (secondary N) is 1. The normalized spacial score (nSPS) is 10.2. The Labute approximate surface area is 133 Å². The third-order valence-electron chi connectivity index (χ3n) is 2.73. The standard InChI is InChI=1S/C15H16ClN3OS/c1-19(2)12-7-5-11(6-8-12)18-14(20)10-21-15-13(16)4-3-9-17-15/h3-9H,10H2,1-2H3,(H,18,20). The van der Waals surface area contributed by atoms with Gasteiger partial charge in [0.1, 0.15) is 5.03 Å². The van der Waals surface area contributed by atoms with Crippen molar-refractivity contribution >= 4 is 40.6 Å². The first-order valence-corrected chi connectivity index (χ1v) is 7.73. The van der Waals surface area contributed by atoms with E-state index in [0.717, 1.165) is 11.4 Å². The molecule has 0 radical (unpaired) electrons. The fourth-order valence-electron chi connectivity index (χ4n) is 1.65. The Kier molecular flexibility index (Phi) is 5.47. The minimum atomic E-state index is -0.0840. The van der Waals surface area contributed by atoms with Crippen LogP contribution in [0.2, 0.25) is 5.02 Å². The number of aromatic nitrogens is 1. The zero-order chi connectivity index (χ0) is 15.2. The van der Waals surface area contributed by atoms with Gasteiger partial charge in [-0.05, 0) is 36.4 Å². The molecule has 0 unspecified atom stereocenters. The van der Waals surface area contributed by atoms with Crippen LogP contribution in [-0.4, -0.2) is 30.7 Å². The Hall–Kier alpha value is -1.72. The fraction of sp³-hybridized carbons (Fsp3) is 0.200. The summed E-state index contributed by atoms with van der Waals surface area (Å²) in [6.07, 6.45) is 1.66. The van der Waals surface area contributed by atoms with Gasteiger partial charge in [0.05, 0.1) is 10.8 Å². The zero-order valence-electron chi connectivity index (χ0n) is 11.8. The van der Waals surface area contributed by atoms with Gasteiger partial charge in [-0.2, -0.15) is 0 Å². The molecule has 1 amide bonds. The van der Waals surface area contributed by atoms with Crippen molar-refractivity contribution < 1.29 is 4.79 Å². The minimum absolute atomic E-state index is 0.0840. The summed E-state index contributed by atoms with van der Waals surface area (Å²) in [5.74, 6) is 0.186. The fourth-order valence-corrected chi connectivity index (χ4v) is 2.62. The molecule has 0 saturated heterocycles. The van der Waals surface area contributed by atoms with Crippen LogP contribution in [0.5, 0.6) is 0 Å². The number of hydrogen-bond acceptors (Lipinski definition) is 4. The van der Waals surface area contributed by atoms with E-state index < -0.39 is 0 Å². The zero-order valence-corrected chi connectivity index (χ0v) is 13.4. The second kappa shape index (κ2) is 7.33. The van der Waals surface area contributed by atoms with Crippen molar-refractivity contribution in [2.24, 2.45) is 0 Å². The highest BCUT2D eigenvalue weighted by Crippen LogP contribution is 2.24. The van der Waals surface area contributed by atoms with Gasteiger partial charge < -0.3 is 10.2 Å². The molecule has 0 spiro atoms. The first kappa shape index (κ1) is 15.7. The lowest BCUT2D eigenvalue weighted by molar-refractivity contribution is -0.113. The molecular weight excluding hydrogens is 306 g/mol. The second-order valence-corrected chi connectivity index (χ2v) is 5.94. The van der Waals surface area contributed by atoms with Gasteiger partial charge in [-0.15, -0.1) is 0 Å². The third-order valence-corrected chi connectivity index (χ3v) is 4.15. The molecule has 0 fully saturated rings. The van der Waals surface area contributed by atoms with Crippen LogP contribution < -0.4 is 10.2 Å². The van der Waals surface area contributed by atoms with Gasteiger partial charge in [0.25, 0.3) is 0 Å². The van der Waals surface area contributed by atoms with E-state index in [1.54, 1.807) is 18.3 Å². The van der Waals surface area contributed by atoms with Crippen molar-refractivity contribution in [1.82, 2.24) is 4.98 Å². The maximum Gasteiger partial charge on any atom is 0.234 e. The molecule has 2 rings (SSSR count). The van der Waals surface area contributed by atoms with Crippen LogP contribution in [0.25, 0.3) is 0 Å². The van der Waals surface area contributed by atoms with Crippen molar-refractivity contribution in [1.29, 1.82) is 0 Å². The average Bonchev–Trinajstić information content (AvgIpc) is 2.47. The highest BCUT2D eigenvalue weighted by atomic mass is 35.5. The van der Waals surface area contributed by atoms with Gasteiger partial charge in [-0.25, -0.2) is 4.98 Å². The lowest BCUT2D eigenvalue weighted by Crippen LogP contribution is -2.14. The Morgan fingerprint density at radius 3 is 2.62 bits per heavy atom. The number of amides is 1. The van der Waals surface area contributed by atoms with Gasteiger partial charge in [0.15, 0.2) is 0 Å². The average molecular weight is 322 g/mol. The predicted molar refractivity (Wildman–Crippen MR) is 89.4 cm³/mol. The molecule has 6 heteroatoms. The van der Waals surface area contributed by atoms with Crippen LogP contribution in [0.15, 0.2) is 47.6 Å². The van der Waals surface area contributed by atoms with Crippen LogP contribution in [0.4, 0.5) is 11.4 Å². The molecule has 21 heavy (non-hydrogen) atoms. The number of rotatable bonds is 5. The number of hydrogen-bond donors (Lipinski definition) is 1. The van der Waals surface area contributed by atoms with Gasteiger partial charge >= 0.3 is 0 Å². The molecule has 2 aromatic rings. The van der Waals surface area contributed by atoms with E-state index in [0.29, 0.717) is 10.0 Å². The molecule has 0 aliphatic heterocycles. The summed E-state index contributed by atoms with van der Waals surface area (Å²) in [4.78, 5) is 18.0. The van der Waals surface area contributed by atoms with Crippen LogP contribution in [0, 0.1) is 0 Å². The van der Waals surface area contributed by atoms with Crippen LogP contribution in [0.3, 0.4) is 0 Å². The van der Waals surface area contributed by atoms with Crippen molar-refractivity contribution in [2.75, 3.05) is 30.1 Å². The van der Waals surface area contributed by atoms with Crippen molar-refractivity contribution in [2.45, 2.75) is 5.03 Å². The van der Waals surface area contributed by atoms with Gasteiger partial charge in [-0.1, -0.05) is 23.4 Å². The number of benzene rings is 1. The molecule has 0 aliphatic rings. The maximum atomic E-state index is 11.9. The molecule has 1 N–H and O–H groups in total. The summed E-state index contributed by atoms with van der Waals surface area (Å²) in [7, 11) is 3.95. The van der Waals surface area contributed by atoms with E-state index in [9.17, 15) is 4.79 Å². The summed E-state index contributed by atoms with van der Waals surface area (Å²) in [5.41, 5.74) is 1.86. The summed E-state index contributed by atoms with van der Waals surface area (Å²) in [5, 5.41) is 4.07. The molecular formula is C15H16ClN3OS. The number of carbonyl (C=O) groups is 1. The third kappa shape index (κ3) is 4.65. The molecule has 1 heterocycles. The van der Waals surface area contributed by atoms with E-state index in [1.165, 1.54) is 11.8 Å². The SMILES string of the molecule is CN(C)c1ccc(NC(=O)CSc2ncccc2Cl)cc1. The number of thioether (sulfide) groups is 1. The number of nitrogens with zero attached hydrogens (tertiary/aromatic N) is 2. The monoisotopic (exact) mass is 321 g/mol. The van der Waals surface area contributed by atoms with Gasteiger partial charge in [-0.3, -0.25) is 4.79 Å². The molecule has 1 aromatic carbocycles. The van der Waals surface area contributed by atoms with Crippen LogP contribution in [-0.2, 0) is 4.79 Å². The topological polar surface area (TPSA) is 45.2 Å². The van der Waals surface area contributed by atoms with E-state index in [4.69, 9.17) is 11.6 Å². The van der Waals surface area contributed by atoms with Crippen molar-refractivity contribution in [3.63, 3.8) is 0 Å². The Morgan fingerprint density at radius 2 is 2.00 bits per heavy atom. The quantitative estimate of drug-likeness (QED) is 0.856. The van der Waals surface area contributed by atoms with E-state index in [2.05, 4.69) is 10.3 Å². The van der Waals surface area contributed by atoms with E-state index in [-0.39, 0.29) is 11.7 Å². The molecule has 0 bridgehead atoms. The number of pyridine rings is 1. The molecule has 0 saturated carbocycles. The summed E-state index contributed by atoms with van der Waals surface area (Å²) < 4.78 is 0. The maximum absolute atomic E-state index is 11.9.